The van der Waals surface area contributed by atoms with E-state index in [9.17, 15) is 16.8 Å². The van der Waals surface area contributed by atoms with Gasteiger partial charge in [-0.05, 0) is 48.9 Å². The minimum Gasteiger partial charge on any atom is -0.206 e. The van der Waals surface area contributed by atoms with E-state index < -0.39 is 25.3 Å². The van der Waals surface area contributed by atoms with Crippen LogP contribution in [0.1, 0.15) is 16.4 Å². The molecule has 0 heterocycles. The van der Waals surface area contributed by atoms with E-state index in [1.807, 2.05) is 61.5 Å². The second kappa shape index (κ2) is 10.8. The predicted molar refractivity (Wildman–Crippen MR) is 140 cm³/mol. The van der Waals surface area contributed by atoms with Crippen molar-refractivity contribution in [2.45, 2.75) is 26.9 Å². The van der Waals surface area contributed by atoms with Gasteiger partial charge in [0.05, 0.1) is 9.79 Å². The Bertz CT molecular complexity index is 1390. The molecule has 4 aromatic carbocycles. The number of rotatable bonds is 9. The normalized spacial score (nSPS) is 13.0. The molecule has 0 aromatic heterocycles. The molecule has 0 radical (unpaired) electrons. The molecule has 0 amide bonds. The maximum absolute atomic E-state index is 13.8. The van der Waals surface area contributed by atoms with E-state index in [4.69, 9.17) is 0 Å². The number of sulfonamides is 2. The quantitative estimate of drug-likeness (QED) is 0.255. The van der Waals surface area contributed by atoms with Crippen LogP contribution in [0.4, 0.5) is 0 Å². The summed E-state index contributed by atoms with van der Waals surface area (Å²) in [6, 6.07) is 32.6. The Kier molecular flexibility index (Phi) is 7.76. The lowest BCUT2D eigenvalue weighted by molar-refractivity contribution is 0.496. The van der Waals surface area contributed by atoms with Crippen LogP contribution in [-0.4, -0.2) is 27.1 Å². The van der Waals surface area contributed by atoms with E-state index in [0.717, 1.165) is 16.0 Å². The average Bonchev–Trinajstić information content (AvgIpc) is 2.89. The number of thioether (sulfide) groups is 1. The lowest BCUT2D eigenvalue weighted by Crippen LogP contribution is -2.39. The van der Waals surface area contributed by atoms with Gasteiger partial charge in [0, 0.05) is 16.7 Å². The molecule has 0 bridgehead atoms. The molecule has 0 saturated carbocycles. The Morgan fingerprint density at radius 2 is 1.06 bits per heavy atom. The smallest absolute Gasteiger partial charge is 0.206 e. The molecule has 0 aliphatic rings. The molecular formula is C27H25NO4S3. The monoisotopic (exact) mass is 523 g/mol. The standard InChI is InChI=1S/C27H25NO4S3/c1-22-17-19-24(20-18-22)33-27(23-11-5-2-6-12-23)21-28(34(29,30)25-13-7-3-8-14-25)35(31,32)26-15-9-4-10-16-26/h2-20,27H,21H2,1H3/t27-/m0/s1. The Balaban J connectivity index is 1.82. The van der Waals surface area contributed by atoms with Crippen molar-refractivity contribution >= 4 is 31.8 Å². The highest BCUT2D eigenvalue weighted by Crippen LogP contribution is 2.38. The first-order valence-corrected chi connectivity index (χ1v) is 14.7. The van der Waals surface area contributed by atoms with E-state index in [2.05, 4.69) is 0 Å². The fraction of sp³-hybridized carbons (Fsp3) is 0.111. The molecule has 0 unspecified atom stereocenters. The summed E-state index contributed by atoms with van der Waals surface area (Å²) < 4.78 is 55.7. The summed E-state index contributed by atoms with van der Waals surface area (Å²) in [4.78, 5) is 0.761. The number of nitrogens with zero attached hydrogens (tertiary/aromatic N) is 1. The maximum Gasteiger partial charge on any atom is 0.256 e. The molecule has 4 rings (SSSR count). The second-order valence-electron chi connectivity index (χ2n) is 7.92. The van der Waals surface area contributed by atoms with Crippen molar-refractivity contribution in [1.29, 1.82) is 0 Å². The van der Waals surface area contributed by atoms with Gasteiger partial charge in [-0.15, -0.1) is 11.8 Å². The first-order chi connectivity index (χ1) is 16.8. The fourth-order valence-corrected chi connectivity index (χ4v) is 8.58. The van der Waals surface area contributed by atoms with E-state index in [-0.39, 0.29) is 16.3 Å². The van der Waals surface area contributed by atoms with Crippen molar-refractivity contribution in [3.8, 4) is 0 Å². The van der Waals surface area contributed by atoms with Gasteiger partial charge in [-0.25, -0.2) is 16.8 Å². The van der Waals surface area contributed by atoms with Gasteiger partial charge in [0.15, 0.2) is 0 Å². The van der Waals surface area contributed by atoms with Crippen LogP contribution in [0, 0.1) is 6.92 Å². The summed E-state index contributed by atoms with van der Waals surface area (Å²) in [5, 5.41) is -0.476. The van der Waals surface area contributed by atoms with Crippen molar-refractivity contribution in [2.75, 3.05) is 6.54 Å². The Hall–Kier alpha value is -2.91. The van der Waals surface area contributed by atoms with Crippen molar-refractivity contribution in [1.82, 2.24) is 3.71 Å². The summed E-state index contributed by atoms with van der Waals surface area (Å²) in [6.07, 6.45) is 0. The molecule has 4 aromatic rings. The highest BCUT2D eigenvalue weighted by atomic mass is 32.3. The van der Waals surface area contributed by atoms with Crippen molar-refractivity contribution < 1.29 is 16.8 Å². The first-order valence-electron chi connectivity index (χ1n) is 10.9. The highest BCUT2D eigenvalue weighted by Gasteiger charge is 2.38. The van der Waals surface area contributed by atoms with Crippen LogP contribution in [0.2, 0.25) is 0 Å². The molecular weight excluding hydrogens is 499 g/mol. The molecule has 35 heavy (non-hydrogen) atoms. The van der Waals surface area contributed by atoms with Gasteiger partial charge in [-0.2, -0.15) is 0 Å². The number of benzene rings is 4. The van der Waals surface area contributed by atoms with Crippen molar-refractivity contribution in [2.24, 2.45) is 0 Å². The molecule has 0 N–H and O–H groups in total. The van der Waals surface area contributed by atoms with Crippen molar-refractivity contribution in [3.05, 3.63) is 126 Å². The average molecular weight is 524 g/mol. The van der Waals surface area contributed by atoms with Crippen LogP contribution in [0.5, 0.6) is 0 Å². The molecule has 0 spiro atoms. The van der Waals surface area contributed by atoms with Gasteiger partial charge in [-0.1, -0.05) is 88.1 Å². The van der Waals surface area contributed by atoms with Gasteiger partial charge in [-0.3, -0.25) is 0 Å². The van der Waals surface area contributed by atoms with Gasteiger partial charge < -0.3 is 0 Å². The van der Waals surface area contributed by atoms with Crippen LogP contribution in [0.3, 0.4) is 0 Å². The number of hydrogen-bond acceptors (Lipinski definition) is 5. The second-order valence-corrected chi connectivity index (χ2v) is 13.2. The molecule has 180 valence electrons. The summed E-state index contributed by atoms with van der Waals surface area (Å²) in [5.74, 6) is 0. The zero-order chi connectivity index (χ0) is 24.9. The number of hydrogen-bond donors (Lipinski definition) is 0. The van der Waals surface area contributed by atoms with Crippen LogP contribution in [0.25, 0.3) is 0 Å². The van der Waals surface area contributed by atoms with Crippen LogP contribution >= 0.6 is 11.8 Å². The maximum atomic E-state index is 13.8. The minimum atomic E-state index is -4.38. The molecule has 5 nitrogen and oxygen atoms in total. The van der Waals surface area contributed by atoms with Crippen LogP contribution < -0.4 is 0 Å². The van der Waals surface area contributed by atoms with Crippen LogP contribution in [0.15, 0.2) is 130 Å². The van der Waals surface area contributed by atoms with E-state index in [1.54, 1.807) is 36.4 Å². The number of aryl methyl sites for hydroxylation is 1. The van der Waals surface area contributed by atoms with E-state index >= 15 is 0 Å². The molecule has 8 heteroatoms. The SMILES string of the molecule is Cc1ccc(S[C@@H](CN(S(=O)(=O)c2ccccc2)S(=O)(=O)c2ccccc2)c2ccccc2)cc1. The zero-order valence-corrected chi connectivity index (χ0v) is 21.5. The topological polar surface area (TPSA) is 71.5 Å². The van der Waals surface area contributed by atoms with E-state index in [1.165, 1.54) is 36.0 Å². The lowest BCUT2D eigenvalue weighted by Gasteiger charge is -2.27. The highest BCUT2D eigenvalue weighted by molar-refractivity contribution is 8.04. The van der Waals surface area contributed by atoms with Crippen molar-refractivity contribution in [3.63, 3.8) is 0 Å². The summed E-state index contributed by atoms with van der Waals surface area (Å²) in [6.45, 7) is 1.72. The fourth-order valence-electron chi connectivity index (χ4n) is 3.54. The molecule has 0 aliphatic heterocycles. The lowest BCUT2D eigenvalue weighted by atomic mass is 10.1. The molecule has 1 atom stereocenters. The van der Waals surface area contributed by atoms with E-state index in [0.29, 0.717) is 3.71 Å². The largest absolute Gasteiger partial charge is 0.256 e. The Morgan fingerprint density at radius 3 is 1.51 bits per heavy atom. The predicted octanol–water partition coefficient (Wildman–Crippen LogP) is 5.91. The van der Waals surface area contributed by atoms with Crippen LogP contribution in [-0.2, 0) is 20.0 Å². The first kappa shape index (κ1) is 25.2. The third kappa shape index (κ3) is 5.85. The Morgan fingerprint density at radius 1 is 0.629 bits per heavy atom. The summed E-state index contributed by atoms with van der Waals surface area (Å²) in [7, 11) is -8.75. The van der Waals surface area contributed by atoms with Gasteiger partial charge in [0.2, 0.25) is 0 Å². The Labute approximate surface area is 211 Å². The van der Waals surface area contributed by atoms with Gasteiger partial charge in [0.1, 0.15) is 0 Å². The molecule has 0 aliphatic carbocycles. The molecule has 0 fully saturated rings. The zero-order valence-electron chi connectivity index (χ0n) is 19.1. The van der Waals surface area contributed by atoms with Gasteiger partial charge >= 0.3 is 0 Å². The third-order valence-corrected chi connectivity index (χ3v) is 10.9. The summed E-state index contributed by atoms with van der Waals surface area (Å²) in [5.41, 5.74) is 1.93. The third-order valence-electron chi connectivity index (χ3n) is 5.40. The van der Waals surface area contributed by atoms with Gasteiger partial charge in [0.25, 0.3) is 20.0 Å². The minimum absolute atomic E-state index is 0.0772. The summed E-state index contributed by atoms with van der Waals surface area (Å²) >= 11 is 1.43. The molecule has 0 saturated heterocycles.